The Morgan fingerprint density at radius 2 is 1.86 bits per heavy atom. The average Bonchev–Trinajstić information content (AvgIpc) is 2.90. The summed E-state index contributed by atoms with van der Waals surface area (Å²) in [4.78, 5) is 33.1. The molecule has 0 saturated carbocycles. The van der Waals surface area contributed by atoms with Gasteiger partial charge in [-0.3, -0.25) is 0 Å². The molecule has 0 bridgehead atoms. The first-order valence-corrected chi connectivity index (χ1v) is 5.98. The third-order valence-electron chi connectivity index (χ3n) is 3.00. The fraction of sp³-hybridized carbons (Fsp3) is 0. The van der Waals surface area contributed by atoms with Crippen LogP contribution < -0.4 is 0 Å². The molecule has 0 saturated heterocycles. The quantitative estimate of drug-likeness (QED) is 0.677. The van der Waals surface area contributed by atoms with Gasteiger partial charge in [0.25, 0.3) is 0 Å². The van der Waals surface area contributed by atoms with Crippen LogP contribution in [0.15, 0.2) is 36.5 Å². The molecule has 0 fully saturated rings. The molecule has 1 aromatic carbocycles. The van der Waals surface area contributed by atoms with E-state index in [9.17, 15) is 14.7 Å². The van der Waals surface area contributed by atoms with Gasteiger partial charge in [0, 0.05) is 11.8 Å². The van der Waals surface area contributed by atoms with Crippen molar-refractivity contribution in [1.82, 2.24) is 15.0 Å². The molecule has 0 amide bonds. The van der Waals surface area contributed by atoms with E-state index in [-0.39, 0.29) is 16.8 Å². The molecule has 104 valence electrons. The lowest BCUT2D eigenvalue weighted by molar-refractivity contribution is 0.0676. The molecule has 0 unspecified atom stereocenters. The first kappa shape index (κ1) is 12.8. The van der Waals surface area contributed by atoms with Gasteiger partial charge in [-0.1, -0.05) is 12.1 Å². The summed E-state index contributed by atoms with van der Waals surface area (Å²) < 4.78 is 0. The number of H-pyrrole nitrogens is 1. The number of hydrogen-bond acceptors (Lipinski definition) is 4. The Labute approximate surface area is 117 Å². The standard InChI is InChI=1S/C14H9N3O4/c18-13(19)8-6-15-11(14(20)21)5-7(8)12-16-9-3-1-2-4-10(9)17-12/h1-6H,(H,16,17)(H,18,19)(H,20,21). The highest BCUT2D eigenvalue weighted by Crippen LogP contribution is 2.24. The predicted octanol–water partition coefficient (Wildman–Crippen LogP) is 2.02. The average molecular weight is 283 g/mol. The molecular weight excluding hydrogens is 274 g/mol. The van der Waals surface area contributed by atoms with Crippen LogP contribution >= 0.6 is 0 Å². The van der Waals surface area contributed by atoms with Crippen LogP contribution in [0.4, 0.5) is 0 Å². The summed E-state index contributed by atoms with van der Waals surface area (Å²) in [7, 11) is 0. The normalized spacial score (nSPS) is 10.7. The summed E-state index contributed by atoms with van der Waals surface area (Å²) in [6.07, 6.45) is 1.02. The molecule has 0 aliphatic rings. The molecule has 3 N–H and O–H groups in total. The van der Waals surface area contributed by atoms with Crippen molar-refractivity contribution in [3.63, 3.8) is 0 Å². The first-order valence-electron chi connectivity index (χ1n) is 5.98. The van der Waals surface area contributed by atoms with Gasteiger partial charge >= 0.3 is 11.9 Å². The molecule has 0 atom stereocenters. The molecular formula is C14H9N3O4. The highest BCUT2D eigenvalue weighted by molar-refractivity contribution is 5.97. The van der Waals surface area contributed by atoms with Gasteiger partial charge in [-0.05, 0) is 18.2 Å². The van der Waals surface area contributed by atoms with E-state index in [0.717, 1.165) is 11.7 Å². The largest absolute Gasteiger partial charge is 0.478 e. The second-order valence-electron chi connectivity index (χ2n) is 4.33. The summed E-state index contributed by atoms with van der Waals surface area (Å²) in [6, 6.07) is 8.39. The van der Waals surface area contributed by atoms with Crippen LogP contribution in [0, 0.1) is 0 Å². The first-order chi connectivity index (χ1) is 10.1. The van der Waals surface area contributed by atoms with Crippen LogP contribution in [0.2, 0.25) is 0 Å². The van der Waals surface area contributed by atoms with Crippen LogP contribution in [0.1, 0.15) is 20.8 Å². The number of pyridine rings is 1. The van der Waals surface area contributed by atoms with Crippen molar-refractivity contribution in [2.24, 2.45) is 0 Å². The van der Waals surface area contributed by atoms with E-state index in [1.54, 1.807) is 18.2 Å². The van der Waals surface area contributed by atoms with E-state index in [1.165, 1.54) is 6.07 Å². The highest BCUT2D eigenvalue weighted by Gasteiger charge is 2.18. The zero-order chi connectivity index (χ0) is 15.0. The minimum absolute atomic E-state index is 0.112. The molecule has 3 aromatic rings. The molecule has 2 heterocycles. The number of benzene rings is 1. The number of hydrogen-bond donors (Lipinski definition) is 3. The van der Waals surface area contributed by atoms with E-state index in [2.05, 4.69) is 15.0 Å². The number of aromatic nitrogens is 3. The van der Waals surface area contributed by atoms with Crippen molar-refractivity contribution >= 4 is 23.0 Å². The molecule has 21 heavy (non-hydrogen) atoms. The Balaban J connectivity index is 2.25. The van der Waals surface area contributed by atoms with Crippen molar-refractivity contribution in [3.05, 3.63) is 47.8 Å². The van der Waals surface area contributed by atoms with Crippen molar-refractivity contribution in [1.29, 1.82) is 0 Å². The number of aromatic carboxylic acids is 2. The molecule has 3 rings (SSSR count). The maximum atomic E-state index is 11.3. The van der Waals surface area contributed by atoms with Crippen molar-refractivity contribution in [2.75, 3.05) is 0 Å². The lowest BCUT2D eigenvalue weighted by Gasteiger charge is -2.03. The van der Waals surface area contributed by atoms with Crippen LogP contribution in [-0.4, -0.2) is 37.1 Å². The summed E-state index contributed by atoms with van der Waals surface area (Å²) in [5.41, 5.74) is 1.23. The molecule has 2 aromatic heterocycles. The van der Waals surface area contributed by atoms with Crippen LogP contribution in [0.25, 0.3) is 22.4 Å². The molecule has 7 heteroatoms. The lowest BCUT2D eigenvalue weighted by atomic mass is 10.1. The summed E-state index contributed by atoms with van der Waals surface area (Å²) >= 11 is 0. The zero-order valence-corrected chi connectivity index (χ0v) is 10.6. The van der Waals surface area contributed by atoms with Gasteiger partial charge in [0.1, 0.15) is 11.5 Å². The zero-order valence-electron chi connectivity index (χ0n) is 10.6. The SMILES string of the molecule is O=C(O)c1cc(-c2nc3ccccc3[nH]2)c(C(=O)O)cn1. The number of imidazole rings is 1. The topological polar surface area (TPSA) is 116 Å². The summed E-state index contributed by atoms with van der Waals surface area (Å²) in [6.45, 7) is 0. The number of nitrogens with zero attached hydrogens (tertiary/aromatic N) is 2. The molecule has 0 aliphatic carbocycles. The second kappa shape index (κ2) is 4.71. The summed E-state index contributed by atoms with van der Waals surface area (Å²) in [5.74, 6) is -2.14. The molecule has 7 nitrogen and oxygen atoms in total. The smallest absolute Gasteiger partial charge is 0.354 e. The number of rotatable bonds is 3. The van der Waals surface area contributed by atoms with Gasteiger partial charge in [0.05, 0.1) is 16.6 Å². The van der Waals surface area contributed by atoms with Crippen molar-refractivity contribution in [3.8, 4) is 11.4 Å². The van der Waals surface area contributed by atoms with Gasteiger partial charge < -0.3 is 15.2 Å². The minimum Gasteiger partial charge on any atom is -0.478 e. The van der Waals surface area contributed by atoms with Gasteiger partial charge in [-0.15, -0.1) is 0 Å². The number of carboxylic acids is 2. The van der Waals surface area contributed by atoms with E-state index >= 15 is 0 Å². The van der Waals surface area contributed by atoms with E-state index in [0.29, 0.717) is 11.3 Å². The summed E-state index contributed by atoms with van der Waals surface area (Å²) in [5, 5.41) is 18.2. The Kier molecular flexibility index (Phi) is 2.87. The Morgan fingerprint density at radius 3 is 2.52 bits per heavy atom. The third kappa shape index (κ3) is 2.20. The third-order valence-corrected chi connectivity index (χ3v) is 3.00. The number of carbonyl (C=O) groups is 2. The second-order valence-corrected chi connectivity index (χ2v) is 4.33. The number of fused-ring (bicyclic) bond motifs is 1. The van der Waals surface area contributed by atoms with Gasteiger partial charge in [-0.2, -0.15) is 0 Å². The molecule has 0 radical (unpaired) electrons. The Bertz CT molecular complexity index is 837. The number of nitrogens with one attached hydrogen (secondary N) is 1. The van der Waals surface area contributed by atoms with Crippen LogP contribution in [0.5, 0.6) is 0 Å². The lowest BCUT2D eigenvalue weighted by Crippen LogP contribution is -2.06. The van der Waals surface area contributed by atoms with Crippen LogP contribution in [0.3, 0.4) is 0 Å². The predicted molar refractivity (Wildman–Crippen MR) is 73.2 cm³/mol. The van der Waals surface area contributed by atoms with Crippen molar-refractivity contribution in [2.45, 2.75) is 0 Å². The number of para-hydroxylation sites is 2. The fourth-order valence-corrected chi connectivity index (χ4v) is 2.02. The minimum atomic E-state index is -1.23. The Hall–Kier alpha value is -3.22. The molecule has 0 spiro atoms. The highest BCUT2D eigenvalue weighted by atomic mass is 16.4. The van der Waals surface area contributed by atoms with Gasteiger partial charge in [0.15, 0.2) is 0 Å². The van der Waals surface area contributed by atoms with E-state index in [4.69, 9.17) is 5.11 Å². The van der Waals surface area contributed by atoms with E-state index < -0.39 is 11.9 Å². The van der Waals surface area contributed by atoms with Gasteiger partial charge in [-0.25, -0.2) is 19.6 Å². The maximum absolute atomic E-state index is 11.3. The maximum Gasteiger partial charge on any atom is 0.354 e. The van der Waals surface area contributed by atoms with Gasteiger partial charge in [0.2, 0.25) is 0 Å². The number of aromatic amines is 1. The van der Waals surface area contributed by atoms with Crippen LogP contribution in [-0.2, 0) is 0 Å². The molecule has 0 aliphatic heterocycles. The monoisotopic (exact) mass is 283 g/mol. The number of carboxylic acid groups (broad SMARTS) is 2. The fourth-order valence-electron chi connectivity index (χ4n) is 2.02. The Morgan fingerprint density at radius 1 is 1.10 bits per heavy atom. The van der Waals surface area contributed by atoms with Crippen molar-refractivity contribution < 1.29 is 19.8 Å². The van der Waals surface area contributed by atoms with E-state index in [1.807, 2.05) is 6.07 Å².